The molecule has 0 aliphatic carbocycles. The highest BCUT2D eigenvalue weighted by molar-refractivity contribution is 7.94. The predicted octanol–water partition coefficient (Wildman–Crippen LogP) is 1.71. The van der Waals surface area contributed by atoms with Crippen LogP contribution in [0.4, 0.5) is 5.69 Å². The molecule has 0 saturated heterocycles. The summed E-state index contributed by atoms with van der Waals surface area (Å²) in [6, 6.07) is 6.52. The Morgan fingerprint density at radius 3 is 2.56 bits per heavy atom. The summed E-state index contributed by atoms with van der Waals surface area (Å²) < 4.78 is 27.7. The van der Waals surface area contributed by atoms with Gasteiger partial charge in [0, 0.05) is 16.9 Å². The van der Waals surface area contributed by atoms with Gasteiger partial charge in [0.25, 0.3) is 5.91 Å². The molecule has 0 radical (unpaired) electrons. The molecule has 0 aromatic heterocycles. The van der Waals surface area contributed by atoms with Gasteiger partial charge in [-0.2, -0.15) is 0 Å². The number of ether oxygens (including phenoxy) is 1. The second-order valence-electron chi connectivity index (χ2n) is 5.85. The van der Waals surface area contributed by atoms with Crippen LogP contribution in [0.2, 0.25) is 0 Å². The number of carbonyl (C=O) groups is 3. The summed E-state index contributed by atoms with van der Waals surface area (Å²) in [5.41, 5.74) is 0.698. The van der Waals surface area contributed by atoms with Gasteiger partial charge in [0.05, 0.1) is 17.9 Å². The van der Waals surface area contributed by atoms with Crippen molar-refractivity contribution in [3.8, 4) is 0 Å². The first-order chi connectivity index (χ1) is 11.7. The number of amides is 1. The number of carbonyl (C=O) groups excluding carboxylic acids is 3. The first-order valence-electron chi connectivity index (χ1n) is 7.69. The van der Waals surface area contributed by atoms with E-state index in [0.29, 0.717) is 11.3 Å². The SMILES string of the molecule is CC(=O)c1ccccc1NC(=O)C(C)OC(=O)CC1C=CS(=O)(=O)C1. The maximum Gasteiger partial charge on any atom is 0.307 e. The molecule has 1 aromatic carbocycles. The summed E-state index contributed by atoms with van der Waals surface area (Å²) in [5.74, 6) is -2.00. The van der Waals surface area contributed by atoms with Crippen LogP contribution < -0.4 is 5.32 Å². The molecule has 1 N–H and O–H groups in total. The predicted molar refractivity (Wildman–Crippen MR) is 91.7 cm³/mol. The number of nitrogens with one attached hydrogen (secondary N) is 1. The number of benzene rings is 1. The molecular formula is C17H19NO6S. The van der Waals surface area contributed by atoms with Gasteiger partial charge < -0.3 is 10.1 Å². The molecule has 1 aliphatic heterocycles. The molecule has 0 saturated carbocycles. The van der Waals surface area contributed by atoms with E-state index in [4.69, 9.17) is 4.74 Å². The van der Waals surface area contributed by atoms with E-state index in [1.54, 1.807) is 24.3 Å². The van der Waals surface area contributed by atoms with Gasteiger partial charge >= 0.3 is 5.97 Å². The second-order valence-corrected chi connectivity index (χ2v) is 7.78. The molecule has 134 valence electrons. The maximum absolute atomic E-state index is 12.2. The van der Waals surface area contributed by atoms with E-state index >= 15 is 0 Å². The van der Waals surface area contributed by atoms with Crippen LogP contribution >= 0.6 is 0 Å². The summed E-state index contributed by atoms with van der Waals surface area (Å²) in [5, 5.41) is 3.64. The van der Waals surface area contributed by atoms with Crippen molar-refractivity contribution in [2.24, 2.45) is 5.92 Å². The topological polar surface area (TPSA) is 107 Å². The Morgan fingerprint density at radius 2 is 1.96 bits per heavy atom. The minimum absolute atomic E-state index is 0.114. The lowest BCUT2D eigenvalue weighted by atomic mass is 10.1. The molecule has 2 unspecified atom stereocenters. The molecule has 0 bridgehead atoms. The average Bonchev–Trinajstić information content (AvgIpc) is 2.86. The summed E-state index contributed by atoms with van der Waals surface area (Å²) in [4.78, 5) is 35.6. The molecule has 0 fully saturated rings. The minimum Gasteiger partial charge on any atom is -0.453 e. The molecule has 1 amide bonds. The highest BCUT2D eigenvalue weighted by Gasteiger charge is 2.26. The quantitative estimate of drug-likeness (QED) is 0.607. The van der Waals surface area contributed by atoms with E-state index < -0.39 is 33.7 Å². The van der Waals surface area contributed by atoms with Crippen LogP contribution in [0.1, 0.15) is 30.6 Å². The van der Waals surface area contributed by atoms with Gasteiger partial charge in [0.15, 0.2) is 21.7 Å². The Bertz CT molecular complexity index is 827. The number of anilines is 1. The number of para-hydroxylation sites is 1. The van der Waals surface area contributed by atoms with E-state index in [1.807, 2.05) is 0 Å². The molecular weight excluding hydrogens is 346 g/mol. The van der Waals surface area contributed by atoms with Gasteiger partial charge in [-0.15, -0.1) is 0 Å². The van der Waals surface area contributed by atoms with E-state index in [2.05, 4.69) is 5.32 Å². The smallest absolute Gasteiger partial charge is 0.307 e. The minimum atomic E-state index is -3.24. The van der Waals surface area contributed by atoms with Crippen molar-refractivity contribution < 1.29 is 27.5 Å². The molecule has 0 spiro atoms. The number of esters is 1. The van der Waals surface area contributed by atoms with Gasteiger partial charge in [-0.05, 0) is 26.0 Å². The van der Waals surface area contributed by atoms with E-state index in [1.165, 1.54) is 19.9 Å². The summed E-state index contributed by atoms with van der Waals surface area (Å²) in [7, 11) is -3.24. The van der Waals surface area contributed by atoms with Crippen LogP contribution in [0.15, 0.2) is 35.7 Å². The Kier molecular flexibility index (Phi) is 5.73. The normalized spacial score (nSPS) is 19.2. The fraction of sp³-hybridized carbons (Fsp3) is 0.353. The second kappa shape index (κ2) is 7.60. The Morgan fingerprint density at radius 1 is 1.28 bits per heavy atom. The zero-order chi connectivity index (χ0) is 18.6. The van der Waals surface area contributed by atoms with Crippen molar-refractivity contribution in [1.29, 1.82) is 0 Å². The van der Waals surface area contributed by atoms with Crippen LogP contribution in [-0.4, -0.2) is 37.9 Å². The molecule has 2 atom stereocenters. The van der Waals surface area contributed by atoms with Gasteiger partial charge in [-0.25, -0.2) is 8.42 Å². The molecule has 1 aliphatic rings. The van der Waals surface area contributed by atoms with Crippen LogP contribution in [0.5, 0.6) is 0 Å². The lowest BCUT2D eigenvalue weighted by molar-refractivity contribution is -0.153. The zero-order valence-electron chi connectivity index (χ0n) is 13.9. The first kappa shape index (κ1) is 18.9. The van der Waals surface area contributed by atoms with Crippen molar-refractivity contribution in [3.05, 3.63) is 41.3 Å². The van der Waals surface area contributed by atoms with Gasteiger partial charge in [-0.3, -0.25) is 14.4 Å². The van der Waals surface area contributed by atoms with Crippen LogP contribution in [-0.2, 0) is 24.2 Å². The summed E-state index contributed by atoms with van der Waals surface area (Å²) in [6.45, 7) is 2.79. The Hall–Kier alpha value is -2.48. The van der Waals surface area contributed by atoms with E-state index in [-0.39, 0.29) is 18.0 Å². The van der Waals surface area contributed by atoms with E-state index in [9.17, 15) is 22.8 Å². The highest BCUT2D eigenvalue weighted by atomic mass is 32.2. The number of allylic oxidation sites excluding steroid dienone is 1. The van der Waals surface area contributed by atoms with Crippen molar-refractivity contribution in [3.63, 3.8) is 0 Å². The number of hydrogen-bond acceptors (Lipinski definition) is 6. The fourth-order valence-electron chi connectivity index (χ4n) is 2.41. The summed E-state index contributed by atoms with van der Waals surface area (Å²) >= 11 is 0. The van der Waals surface area contributed by atoms with Crippen molar-refractivity contribution in [2.45, 2.75) is 26.4 Å². The highest BCUT2D eigenvalue weighted by Crippen LogP contribution is 2.19. The number of hydrogen-bond donors (Lipinski definition) is 1. The van der Waals surface area contributed by atoms with Crippen molar-refractivity contribution in [2.75, 3.05) is 11.1 Å². The molecule has 7 nitrogen and oxygen atoms in total. The Labute approximate surface area is 146 Å². The maximum atomic E-state index is 12.2. The number of sulfone groups is 1. The van der Waals surface area contributed by atoms with Crippen LogP contribution in [0.3, 0.4) is 0 Å². The largest absolute Gasteiger partial charge is 0.453 e. The molecule has 25 heavy (non-hydrogen) atoms. The van der Waals surface area contributed by atoms with Gasteiger partial charge in [-0.1, -0.05) is 18.2 Å². The first-order valence-corrected chi connectivity index (χ1v) is 9.41. The fourth-order valence-corrected chi connectivity index (χ4v) is 3.81. The zero-order valence-corrected chi connectivity index (χ0v) is 14.7. The monoisotopic (exact) mass is 365 g/mol. The number of ketones is 1. The standard InChI is InChI=1S/C17H19NO6S/c1-11(19)14-5-3-4-6-15(14)18-17(21)12(2)24-16(20)9-13-7-8-25(22,23)10-13/h3-8,12-13H,9-10H2,1-2H3,(H,18,21). The summed E-state index contributed by atoms with van der Waals surface area (Å²) in [6.07, 6.45) is 0.261. The van der Waals surface area contributed by atoms with Gasteiger partial charge in [0.2, 0.25) is 0 Å². The van der Waals surface area contributed by atoms with Gasteiger partial charge in [0.1, 0.15) is 0 Å². The third-order valence-corrected chi connectivity index (χ3v) is 5.14. The average molecular weight is 365 g/mol. The molecule has 1 aromatic rings. The molecule has 2 rings (SSSR count). The Balaban J connectivity index is 1.91. The lowest BCUT2D eigenvalue weighted by Crippen LogP contribution is -2.31. The van der Waals surface area contributed by atoms with Crippen molar-refractivity contribution >= 4 is 33.2 Å². The van der Waals surface area contributed by atoms with E-state index in [0.717, 1.165) is 5.41 Å². The van der Waals surface area contributed by atoms with Crippen molar-refractivity contribution in [1.82, 2.24) is 0 Å². The lowest BCUT2D eigenvalue weighted by Gasteiger charge is -2.15. The van der Waals surface area contributed by atoms with Crippen LogP contribution in [0.25, 0.3) is 0 Å². The molecule has 8 heteroatoms. The molecule has 1 heterocycles. The third-order valence-electron chi connectivity index (χ3n) is 3.67. The number of Topliss-reactive ketones (excluding diaryl/α,β-unsaturated/α-hetero) is 1. The third kappa shape index (κ3) is 5.25. The number of rotatable bonds is 6. The van der Waals surface area contributed by atoms with Crippen LogP contribution in [0, 0.1) is 5.92 Å².